The molecule has 1 heterocycles. The summed E-state index contributed by atoms with van der Waals surface area (Å²) in [5.41, 5.74) is 5.14. The van der Waals surface area contributed by atoms with Gasteiger partial charge in [-0.25, -0.2) is 4.99 Å². The number of rotatable bonds is 9. The number of carbonyl (C=O) groups excluding carboxylic acids is 1. The van der Waals surface area contributed by atoms with E-state index in [-0.39, 0.29) is 18.2 Å². The molecule has 1 amide bonds. The van der Waals surface area contributed by atoms with E-state index in [4.69, 9.17) is 10.1 Å². The van der Waals surface area contributed by atoms with E-state index in [0.29, 0.717) is 56.3 Å². The second kappa shape index (κ2) is 12.9. The van der Waals surface area contributed by atoms with Crippen LogP contribution in [0.2, 0.25) is 0 Å². The molecule has 0 fully saturated rings. The Morgan fingerprint density at radius 2 is 1.75 bits per heavy atom. The number of benzene rings is 2. The van der Waals surface area contributed by atoms with Crippen LogP contribution in [0.1, 0.15) is 68.6 Å². The molecule has 40 heavy (non-hydrogen) atoms. The summed E-state index contributed by atoms with van der Waals surface area (Å²) in [5.74, 6) is -1.25. The third kappa shape index (κ3) is 7.58. The molecule has 2 aromatic rings. The third-order valence-corrected chi connectivity index (χ3v) is 7.30. The first-order valence-electron chi connectivity index (χ1n) is 13.5. The molecule has 0 saturated carbocycles. The van der Waals surface area contributed by atoms with Gasteiger partial charge in [0.25, 0.3) is 0 Å². The van der Waals surface area contributed by atoms with Crippen LogP contribution in [0.4, 0.5) is 13.2 Å². The normalized spacial score (nSPS) is 17.6. The summed E-state index contributed by atoms with van der Waals surface area (Å²) in [7, 11) is 0. The lowest BCUT2D eigenvalue weighted by Crippen LogP contribution is -2.30. The quantitative estimate of drug-likeness (QED) is 0.320. The summed E-state index contributed by atoms with van der Waals surface area (Å²) < 4.78 is 39.7. The van der Waals surface area contributed by atoms with E-state index < -0.39 is 17.7 Å². The van der Waals surface area contributed by atoms with E-state index in [1.807, 2.05) is 49.4 Å². The van der Waals surface area contributed by atoms with Crippen LogP contribution in [0.3, 0.4) is 0 Å². The highest BCUT2D eigenvalue weighted by atomic mass is 19.4. The van der Waals surface area contributed by atoms with Gasteiger partial charge in [0.2, 0.25) is 5.91 Å². The van der Waals surface area contributed by atoms with E-state index in [2.05, 4.69) is 5.32 Å². The molecule has 0 spiro atoms. The number of carbonyl (C=O) groups is 2. The van der Waals surface area contributed by atoms with Gasteiger partial charge >= 0.3 is 12.1 Å². The molecule has 5 nitrogen and oxygen atoms in total. The van der Waals surface area contributed by atoms with Crippen molar-refractivity contribution in [2.24, 2.45) is 10.9 Å². The maximum Gasteiger partial charge on any atom is 0.416 e. The van der Waals surface area contributed by atoms with Gasteiger partial charge in [-0.05, 0) is 74.3 Å². The lowest BCUT2D eigenvalue weighted by molar-refractivity contribution is -0.138. The smallest absolute Gasteiger partial charge is 0.416 e. The van der Waals surface area contributed by atoms with Crippen LogP contribution in [-0.2, 0) is 22.3 Å². The van der Waals surface area contributed by atoms with Crippen LogP contribution in [-0.4, -0.2) is 22.7 Å². The molecule has 4 rings (SSSR count). The van der Waals surface area contributed by atoms with Crippen LogP contribution in [0.5, 0.6) is 0 Å². The van der Waals surface area contributed by atoms with Gasteiger partial charge in [-0.1, -0.05) is 60.2 Å². The first-order valence-corrected chi connectivity index (χ1v) is 13.5. The third-order valence-electron chi connectivity index (χ3n) is 7.30. The second-order valence-corrected chi connectivity index (χ2v) is 10.2. The van der Waals surface area contributed by atoms with Crippen molar-refractivity contribution in [2.75, 3.05) is 0 Å². The Bertz CT molecular complexity index is 1350. The SMILES string of the molecule is CC1=C(CCCCC(=O)O)C(c2ccc(C(F)(F)F)cc2)=NC2=CCC(C(=O)NCc3ccccc3)C=C2CC1. The van der Waals surface area contributed by atoms with Gasteiger partial charge in [-0.2, -0.15) is 13.2 Å². The predicted molar refractivity (Wildman–Crippen MR) is 149 cm³/mol. The Hall–Kier alpha value is -3.94. The number of hydrogen-bond acceptors (Lipinski definition) is 3. The number of nitrogens with zero attached hydrogens (tertiary/aromatic N) is 1. The largest absolute Gasteiger partial charge is 0.481 e. The second-order valence-electron chi connectivity index (χ2n) is 10.2. The van der Waals surface area contributed by atoms with Gasteiger partial charge in [-0.15, -0.1) is 0 Å². The van der Waals surface area contributed by atoms with E-state index in [1.54, 1.807) is 0 Å². The molecule has 210 valence electrons. The minimum atomic E-state index is -4.44. The lowest BCUT2D eigenvalue weighted by atomic mass is 9.85. The molecule has 0 bridgehead atoms. The van der Waals surface area contributed by atoms with Gasteiger partial charge in [0, 0.05) is 18.5 Å². The summed E-state index contributed by atoms with van der Waals surface area (Å²) >= 11 is 0. The first kappa shape index (κ1) is 29.1. The Morgan fingerprint density at radius 3 is 2.42 bits per heavy atom. The zero-order chi connectivity index (χ0) is 28.7. The summed E-state index contributed by atoms with van der Waals surface area (Å²) in [6.07, 6.45) is 3.09. The van der Waals surface area contributed by atoms with Crippen LogP contribution < -0.4 is 5.32 Å². The number of halogens is 3. The van der Waals surface area contributed by atoms with Gasteiger partial charge in [0.05, 0.1) is 22.9 Å². The van der Waals surface area contributed by atoms with E-state index >= 15 is 0 Å². The monoisotopic (exact) mass is 550 g/mol. The minimum Gasteiger partial charge on any atom is -0.481 e. The Morgan fingerprint density at radius 1 is 1.02 bits per heavy atom. The fourth-order valence-corrected chi connectivity index (χ4v) is 5.02. The first-order chi connectivity index (χ1) is 19.1. The Balaban J connectivity index is 1.60. The van der Waals surface area contributed by atoms with E-state index in [9.17, 15) is 22.8 Å². The lowest BCUT2D eigenvalue weighted by Gasteiger charge is -2.25. The number of allylic oxidation sites excluding steroid dienone is 4. The van der Waals surface area contributed by atoms with Crippen molar-refractivity contribution in [1.82, 2.24) is 5.32 Å². The molecule has 1 aliphatic carbocycles. The zero-order valence-electron chi connectivity index (χ0n) is 22.4. The van der Waals surface area contributed by atoms with Crippen molar-refractivity contribution in [3.05, 3.63) is 106 Å². The number of alkyl halides is 3. The highest BCUT2D eigenvalue weighted by molar-refractivity contribution is 6.13. The molecule has 1 unspecified atom stereocenters. The number of hydrogen-bond donors (Lipinski definition) is 2. The summed E-state index contributed by atoms with van der Waals surface area (Å²) in [5, 5.41) is 12.0. The molecule has 2 aromatic carbocycles. The average molecular weight is 551 g/mol. The number of carboxylic acid groups (broad SMARTS) is 1. The molecule has 0 aromatic heterocycles. The standard InChI is InChI=1S/C32H33F3N2O3/c1-21-11-12-24-19-25(31(40)36-20-22-7-3-2-4-8-22)15-18-28(24)37-30(27(21)9-5-6-10-29(38)39)23-13-16-26(17-14-23)32(33,34)35/h2-4,7-8,13-14,16-19,25H,5-6,9-12,15,20H2,1H3,(H,36,40)(H,38,39). The molecule has 0 saturated heterocycles. The summed E-state index contributed by atoms with van der Waals surface area (Å²) in [6, 6.07) is 14.7. The Labute approximate surface area is 232 Å². The Kier molecular flexibility index (Phi) is 9.40. The number of amides is 1. The van der Waals surface area contributed by atoms with Crippen molar-refractivity contribution >= 4 is 17.6 Å². The number of nitrogens with one attached hydrogen (secondary N) is 1. The number of aliphatic imine (C=N–C) groups is 1. The topological polar surface area (TPSA) is 78.8 Å². The van der Waals surface area contributed by atoms with Crippen molar-refractivity contribution in [3.8, 4) is 0 Å². The molecular weight excluding hydrogens is 517 g/mol. The average Bonchev–Trinajstić information content (AvgIpc) is 2.93. The maximum absolute atomic E-state index is 13.2. The number of aliphatic carboxylic acids is 1. The molecule has 1 aliphatic heterocycles. The summed E-state index contributed by atoms with van der Waals surface area (Å²) in [4.78, 5) is 28.9. The van der Waals surface area contributed by atoms with Gasteiger partial charge in [0.15, 0.2) is 0 Å². The van der Waals surface area contributed by atoms with Crippen LogP contribution in [0.15, 0.2) is 94.2 Å². The summed E-state index contributed by atoms with van der Waals surface area (Å²) in [6.45, 7) is 2.44. The van der Waals surface area contributed by atoms with Crippen molar-refractivity contribution < 1.29 is 27.9 Å². The molecule has 2 aliphatic rings. The molecule has 0 radical (unpaired) electrons. The van der Waals surface area contributed by atoms with Crippen LogP contribution in [0, 0.1) is 5.92 Å². The predicted octanol–water partition coefficient (Wildman–Crippen LogP) is 7.40. The molecular formula is C32H33F3N2O3. The molecule has 8 heteroatoms. The van der Waals surface area contributed by atoms with Gasteiger partial charge in [0.1, 0.15) is 0 Å². The fourth-order valence-electron chi connectivity index (χ4n) is 5.02. The number of fused-ring (bicyclic) bond motifs is 1. The van der Waals surface area contributed by atoms with Crippen LogP contribution >= 0.6 is 0 Å². The molecule has 2 N–H and O–H groups in total. The van der Waals surface area contributed by atoms with Gasteiger partial charge < -0.3 is 10.4 Å². The fraction of sp³-hybridized carbons (Fsp3) is 0.344. The van der Waals surface area contributed by atoms with Crippen molar-refractivity contribution in [3.63, 3.8) is 0 Å². The van der Waals surface area contributed by atoms with Crippen molar-refractivity contribution in [2.45, 2.75) is 64.6 Å². The van der Waals surface area contributed by atoms with E-state index in [0.717, 1.165) is 40.1 Å². The van der Waals surface area contributed by atoms with Crippen LogP contribution in [0.25, 0.3) is 0 Å². The number of unbranched alkanes of at least 4 members (excludes halogenated alkanes) is 1. The zero-order valence-corrected chi connectivity index (χ0v) is 22.4. The van der Waals surface area contributed by atoms with E-state index in [1.165, 1.54) is 12.1 Å². The van der Waals surface area contributed by atoms with Crippen molar-refractivity contribution in [1.29, 1.82) is 0 Å². The maximum atomic E-state index is 13.2. The number of carboxylic acids is 1. The minimum absolute atomic E-state index is 0.0604. The highest BCUT2D eigenvalue weighted by Crippen LogP contribution is 2.35. The highest BCUT2D eigenvalue weighted by Gasteiger charge is 2.30. The molecule has 1 atom stereocenters. The van der Waals surface area contributed by atoms with Gasteiger partial charge in [-0.3, -0.25) is 9.59 Å².